The zero-order valence-corrected chi connectivity index (χ0v) is 14.3. The third-order valence-corrected chi connectivity index (χ3v) is 3.78. The lowest BCUT2D eigenvalue weighted by molar-refractivity contribution is 0.135. The van der Waals surface area contributed by atoms with E-state index in [0.717, 1.165) is 32.8 Å². The summed E-state index contributed by atoms with van der Waals surface area (Å²) in [5, 5.41) is 6.76. The van der Waals surface area contributed by atoms with Crippen molar-refractivity contribution >= 4 is 11.3 Å². The largest absolute Gasteiger partial charge is 0.383 e. The molecule has 20 heavy (non-hydrogen) atoms. The molecule has 1 N–H and O–H groups in total. The molecule has 5 heteroatoms. The molecule has 0 aliphatic carbocycles. The van der Waals surface area contributed by atoms with Crippen molar-refractivity contribution < 1.29 is 4.74 Å². The molecule has 1 heterocycles. The number of thiazole rings is 1. The fourth-order valence-electron chi connectivity index (χ4n) is 1.99. The molecule has 0 amide bonds. The highest BCUT2D eigenvalue weighted by Gasteiger charge is 2.10. The van der Waals surface area contributed by atoms with E-state index in [9.17, 15) is 0 Å². The number of hydrogen-bond donors (Lipinski definition) is 1. The summed E-state index contributed by atoms with van der Waals surface area (Å²) >= 11 is 1.74. The van der Waals surface area contributed by atoms with E-state index in [0.29, 0.717) is 12.0 Å². The van der Waals surface area contributed by atoms with Crippen molar-refractivity contribution in [1.82, 2.24) is 15.2 Å². The zero-order valence-electron chi connectivity index (χ0n) is 13.5. The topological polar surface area (TPSA) is 37.4 Å². The molecule has 0 atom stereocenters. The molecular formula is C15H29N3OS. The normalized spacial score (nSPS) is 12.0. The van der Waals surface area contributed by atoms with E-state index in [1.165, 1.54) is 10.7 Å². The Bertz CT molecular complexity index is 366. The van der Waals surface area contributed by atoms with Crippen LogP contribution in [-0.4, -0.2) is 42.7 Å². The number of ether oxygens (including phenoxy) is 1. The van der Waals surface area contributed by atoms with E-state index in [1.807, 2.05) is 0 Å². The fraction of sp³-hybridized carbons (Fsp3) is 0.800. The van der Waals surface area contributed by atoms with Gasteiger partial charge in [0.2, 0.25) is 0 Å². The van der Waals surface area contributed by atoms with Crippen molar-refractivity contribution in [3.63, 3.8) is 0 Å². The first-order valence-electron chi connectivity index (χ1n) is 7.39. The number of nitrogens with zero attached hydrogens (tertiary/aromatic N) is 2. The highest BCUT2D eigenvalue weighted by atomic mass is 32.1. The molecule has 0 saturated heterocycles. The number of aromatic nitrogens is 1. The molecule has 0 spiro atoms. The van der Waals surface area contributed by atoms with E-state index in [1.54, 1.807) is 18.4 Å². The van der Waals surface area contributed by atoms with E-state index in [-0.39, 0.29) is 0 Å². The molecular weight excluding hydrogens is 270 g/mol. The van der Waals surface area contributed by atoms with Gasteiger partial charge in [-0.1, -0.05) is 27.7 Å². The summed E-state index contributed by atoms with van der Waals surface area (Å²) in [6.45, 7) is 13.4. The molecule has 116 valence electrons. The van der Waals surface area contributed by atoms with Gasteiger partial charge in [0.05, 0.1) is 12.3 Å². The van der Waals surface area contributed by atoms with Gasteiger partial charge in [0.1, 0.15) is 5.01 Å². The van der Waals surface area contributed by atoms with Crippen molar-refractivity contribution in [2.24, 2.45) is 5.92 Å². The van der Waals surface area contributed by atoms with Gasteiger partial charge in [0.25, 0.3) is 0 Å². The van der Waals surface area contributed by atoms with Gasteiger partial charge in [-0.05, 0) is 5.92 Å². The van der Waals surface area contributed by atoms with E-state index >= 15 is 0 Å². The Balaban J connectivity index is 2.50. The lowest BCUT2D eigenvalue weighted by atomic mass is 10.2. The van der Waals surface area contributed by atoms with Crippen molar-refractivity contribution in [1.29, 1.82) is 0 Å². The van der Waals surface area contributed by atoms with Crippen LogP contribution in [-0.2, 0) is 17.8 Å². The highest BCUT2D eigenvalue weighted by molar-refractivity contribution is 7.09. The van der Waals surface area contributed by atoms with Crippen molar-refractivity contribution in [3.05, 3.63) is 16.1 Å². The van der Waals surface area contributed by atoms with Crippen LogP contribution < -0.4 is 5.32 Å². The Labute approximate surface area is 127 Å². The summed E-state index contributed by atoms with van der Waals surface area (Å²) in [4.78, 5) is 7.13. The summed E-state index contributed by atoms with van der Waals surface area (Å²) in [5.74, 6) is 0.660. The summed E-state index contributed by atoms with van der Waals surface area (Å²) in [6, 6.07) is 0.501. The fourth-order valence-corrected chi connectivity index (χ4v) is 2.73. The molecule has 0 radical (unpaired) electrons. The van der Waals surface area contributed by atoms with E-state index in [4.69, 9.17) is 9.72 Å². The maximum atomic E-state index is 5.19. The second kappa shape index (κ2) is 9.45. The maximum Gasteiger partial charge on any atom is 0.107 e. The number of methoxy groups -OCH3 is 1. The quantitative estimate of drug-likeness (QED) is 0.721. The zero-order chi connectivity index (χ0) is 15.0. The number of nitrogens with one attached hydrogen (secondary N) is 1. The van der Waals surface area contributed by atoms with Crippen LogP contribution in [0.1, 0.15) is 38.4 Å². The molecule has 1 aromatic heterocycles. The molecule has 4 nitrogen and oxygen atoms in total. The standard InChI is InChI=1S/C15H29N3OS/c1-12(2)9-18(6-7-19-5)10-14-11-20-15(17-14)8-16-13(3)4/h11-13,16H,6-10H2,1-5H3. The SMILES string of the molecule is COCCN(Cc1csc(CNC(C)C)n1)CC(C)C. The van der Waals surface area contributed by atoms with Gasteiger partial charge in [-0.3, -0.25) is 4.90 Å². The Hall–Kier alpha value is -0.490. The van der Waals surface area contributed by atoms with Crippen LogP contribution in [0.25, 0.3) is 0 Å². The van der Waals surface area contributed by atoms with Crippen molar-refractivity contribution in [2.75, 3.05) is 26.8 Å². The minimum absolute atomic E-state index is 0.501. The smallest absolute Gasteiger partial charge is 0.107 e. The molecule has 0 aliphatic rings. The van der Waals surface area contributed by atoms with Gasteiger partial charge >= 0.3 is 0 Å². The van der Waals surface area contributed by atoms with Crippen LogP contribution in [0.5, 0.6) is 0 Å². The molecule has 0 unspecified atom stereocenters. The first-order valence-corrected chi connectivity index (χ1v) is 8.27. The van der Waals surface area contributed by atoms with Crippen molar-refractivity contribution in [3.8, 4) is 0 Å². The predicted octanol–water partition coefficient (Wildman–Crippen LogP) is 2.75. The average molecular weight is 299 g/mol. The van der Waals surface area contributed by atoms with Gasteiger partial charge in [-0.2, -0.15) is 0 Å². The van der Waals surface area contributed by atoms with E-state index < -0.39 is 0 Å². The second-order valence-corrected chi connectivity index (χ2v) is 6.83. The third kappa shape index (κ3) is 7.33. The van der Waals surface area contributed by atoms with Crippen LogP contribution in [0, 0.1) is 5.92 Å². The van der Waals surface area contributed by atoms with Crippen LogP contribution in [0.15, 0.2) is 5.38 Å². The summed E-state index contributed by atoms with van der Waals surface area (Å²) in [7, 11) is 1.76. The molecule has 1 rings (SSSR count). The lowest BCUT2D eigenvalue weighted by Gasteiger charge is -2.22. The van der Waals surface area contributed by atoms with Gasteiger partial charge in [-0.15, -0.1) is 11.3 Å². The second-order valence-electron chi connectivity index (χ2n) is 5.89. The third-order valence-electron chi connectivity index (χ3n) is 2.88. The lowest BCUT2D eigenvalue weighted by Crippen LogP contribution is -2.30. The molecule has 0 bridgehead atoms. The maximum absolute atomic E-state index is 5.19. The molecule has 0 saturated carbocycles. The summed E-state index contributed by atoms with van der Waals surface area (Å²) < 4.78 is 5.19. The van der Waals surface area contributed by atoms with Crippen LogP contribution in [0.3, 0.4) is 0 Å². The Morgan fingerprint density at radius 3 is 2.70 bits per heavy atom. The van der Waals surface area contributed by atoms with Crippen molar-refractivity contribution in [2.45, 2.75) is 46.8 Å². The Morgan fingerprint density at radius 1 is 1.35 bits per heavy atom. The molecule has 0 aliphatic heterocycles. The van der Waals surface area contributed by atoms with Gasteiger partial charge in [-0.25, -0.2) is 4.98 Å². The molecule has 1 aromatic rings. The first kappa shape index (κ1) is 17.6. The monoisotopic (exact) mass is 299 g/mol. The molecule has 0 aromatic carbocycles. The summed E-state index contributed by atoms with van der Waals surface area (Å²) in [5.41, 5.74) is 1.17. The van der Waals surface area contributed by atoms with E-state index in [2.05, 4.69) is 43.3 Å². The predicted molar refractivity (Wildman–Crippen MR) is 86.1 cm³/mol. The van der Waals surface area contributed by atoms with Gasteiger partial charge in [0.15, 0.2) is 0 Å². The summed E-state index contributed by atoms with van der Waals surface area (Å²) in [6.07, 6.45) is 0. The van der Waals surface area contributed by atoms with Crippen LogP contribution in [0.2, 0.25) is 0 Å². The average Bonchev–Trinajstić information content (AvgIpc) is 2.80. The Morgan fingerprint density at radius 2 is 2.10 bits per heavy atom. The Kier molecular flexibility index (Phi) is 8.30. The minimum atomic E-state index is 0.501. The van der Waals surface area contributed by atoms with Crippen LogP contribution in [0.4, 0.5) is 0 Å². The van der Waals surface area contributed by atoms with Gasteiger partial charge in [0, 0.05) is 44.7 Å². The number of hydrogen-bond acceptors (Lipinski definition) is 5. The first-order chi connectivity index (χ1) is 9.51. The highest BCUT2D eigenvalue weighted by Crippen LogP contribution is 2.13. The van der Waals surface area contributed by atoms with Crippen LogP contribution >= 0.6 is 11.3 Å². The van der Waals surface area contributed by atoms with Gasteiger partial charge < -0.3 is 10.1 Å². The minimum Gasteiger partial charge on any atom is -0.383 e. The number of rotatable bonds is 10. The molecule has 0 fully saturated rings.